The Kier molecular flexibility index (Phi) is 4.11. The summed E-state index contributed by atoms with van der Waals surface area (Å²) in [5.41, 5.74) is 5.50. The van der Waals surface area contributed by atoms with Crippen molar-refractivity contribution in [2.45, 2.75) is 12.6 Å². The first kappa shape index (κ1) is 13.7. The molecule has 1 aliphatic heterocycles. The van der Waals surface area contributed by atoms with E-state index in [-0.39, 0.29) is 24.7 Å². The number of benzene rings is 1. The number of carbonyl (C=O) groups is 2. The van der Waals surface area contributed by atoms with Crippen molar-refractivity contribution in [2.75, 3.05) is 6.54 Å². The molecule has 1 saturated heterocycles. The van der Waals surface area contributed by atoms with Gasteiger partial charge in [0.2, 0.25) is 0 Å². The number of amides is 2. The molecule has 1 atom stereocenters. The Labute approximate surface area is 113 Å². The molecule has 0 spiro atoms. The molecule has 9 nitrogen and oxygen atoms in total. The second-order valence-electron chi connectivity index (χ2n) is 4.07. The molecular formula is C11H12N4O5. The fourth-order valence-corrected chi connectivity index (χ4v) is 1.58. The maximum absolute atomic E-state index is 11.4. The number of non-ortho nitro benzene ring substituents is 1. The molecule has 0 aromatic heterocycles. The molecule has 20 heavy (non-hydrogen) atoms. The van der Waals surface area contributed by atoms with E-state index < -0.39 is 17.1 Å². The van der Waals surface area contributed by atoms with Crippen molar-refractivity contribution in [1.82, 2.24) is 16.2 Å². The molecule has 0 bridgehead atoms. The lowest BCUT2D eigenvalue weighted by atomic mass is 10.2. The molecule has 1 aromatic carbocycles. The number of alkyl carbamates (subject to hydrolysis) is 1. The van der Waals surface area contributed by atoms with E-state index in [9.17, 15) is 19.7 Å². The van der Waals surface area contributed by atoms with E-state index in [2.05, 4.69) is 16.2 Å². The number of nitrogens with zero attached hydrogens (tertiary/aromatic N) is 1. The van der Waals surface area contributed by atoms with Crippen LogP contribution in [0.25, 0.3) is 0 Å². The molecule has 9 heteroatoms. The Balaban J connectivity index is 1.81. The molecule has 0 radical (unpaired) electrons. The molecule has 3 N–H and O–H groups in total. The molecule has 1 unspecified atom stereocenters. The van der Waals surface area contributed by atoms with Crippen LogP contribution in [0.15, 0.2) is 24.3 Å². The van der Waals surface area contributed by atoms with Gasteiger partial charge in [0.25, 0.3) is 11.6 Å². The van der Waals surface area contributed by atoms with Gasteiger partial charge in [-0.2, -0.15) is 0 Å². The van der Waals surface area contributed by atoms with E-state index in [0.717, 1.165) is 0 Å². The second-order valence-corrected chi connectivity index (χ2v) is 4.07. The molecular weight excluding hydrogens is 268 g/mol. The van der Waals surface area contributed by atoms with E-state index in [1.807, 2.05) is 0 Å². The molecule has 1 aromatic rings. The molecule has 1 heterocycles. The van der Waals surface area contributed by atoms with Gasteiger partial charge in [-0.3, -0.25) is 20.3 Å². The van der Waals surface area contributed by atoms with Crippen LogP contribution in [0.4, 0.5) is 10.5 Å². The lowest BCUT2D eigenvalue weighted by Gasteiger charge is -2.09. The molecule has 106 valence electrons. The van der Waals surface area contributed by atoms with Crippen molar-refractivity contribution in [3.63, 3.8) is 0 Å². The van der Waals surface area contributed by atoms with Crippen LogP contribution in [0.5, 0.6) is 0 Å². The summed E-state index contributed by atoms with van der Waals surface area (Å²) in [5, 5.41) is 12.9. The number of hydrogen-bond donors (Lipinski definition) is 3. The maximum Gasteiger partial charge on any atom is 0.408 e. The van der Waals surface area contributed by atoms with Gasteiger partial charge in [-0.15, -0.1) is 0 Å². The van der Waals surface area contributed by atoms with Crippen molar-refractivity contribution < 1.29 is 19.2 Å². The third-order valence-electron chi connectivity index (χ3n) is 2.64. The fraction of sp³-hybridized carbons (Fsp3) is 0.273. The molecule has 0 aliphatic carbocycles. The minimum Gasteiger partial charge on any atom is -0.445 e. The zero-order valence-electron chi connectivity index (χ0n) is 10.3. The zero-order valence-corrected chi connectivity index (χ0v) is 10.3. The summed E-state index contributed by atoms with van der Waals surface area (Å²) < 4.78 is 4.91. The number of nitro groups is 1. The number of ether oxygens (including phenoxy) is 1. The van der Waals surface area contributed by atoms with Crippen LogP contribution in [0.1, 0.15) is 5.56 Å². The number of carbonyl (C=O) groups excluding carboxylic acids is 2. The van der Waals surface area contributed by atoms with Crippen LogP contribution < -0.4 is 16.2 Å². The van der Waals surface area contributed by atoms with Crippen LogP contribution in [0, 0.1) is 10.1 Å². The Morgan fingerprint density at radius 3 is 2.70 bits per heavy atom. The van der Waals surface area contributed by atoms with E-state index >= 15 is 0 Å². The van der Waals surface area contributed by atoms with E-state index in [1.165, 1.54) is 24.3 Å². The summed E-state index contributed by atoms with van der Waals surface area (Å²) in [7, 11) is 0. The van der Waals surface area contributed by atoms with Crippen LogP contribution >= 0.6 is 0 Å². The van der Waals surface area contributed by atoms with Crippen LogP contribution in [0.3, 0.4) is 0 Å². The third-order valence-corrected chi connectivity index (χ3v) is 2.64. The summed E-state index contributed by atoms with van der Waals surface area (Å²) in [5.74, 6) is -0.336. The van der Waals surface area contributed by atoms with Gasteiger partial charge in [0, 0.05) is 18.7 Å². The summed E-state index contributed by atoms with van der Waals surface area (Å²) in [6.07, 6.45) is -0.729. The van der Waals surface area contributed by atoms with Crippen molar-refractivity contribution in [1.29, 1.82) is 0 Å². The summed E-state index contributed by atoms with van der Waals surface area (Å²) in [6.45, 7) is 0.247. The highest BCUT2D eigenvalue weighted by Crippen LogP contribution is 2.12. The first-order valence-corrected chi connectivity index (χ1v) is 5.75. The molecule has 1 aliphatic rings. The third kappa shape index (κ3) is 3.42. The smallest absolute Gasteiger partial charge is 0.408 e. The maximum atomic E-state index is 11.4. The normalized spacial score (nSPS) is 17.4. The Bertz CT molecular complexity index is 530. The van der Waals surface area contributed by atoms with E-state index in [4.69, 9.17) is 4.74 Å². The number of nitro benzene ring substituents is 1. The van der Waals surface area contributed by atoms with E-state index in [1.54, 1.807) is 0 Å². The fourth-order valence-electron chi connectivity index (χ4n) is 1.58. The van der Waals surface area contributed by atoms with Gasteiger partial charge in [-0.05, 0) is 17.7 Å². The standard InChI is InChI=1S/C11H12N4O5/c16-10-9(5-12-14-10)13-11(17)20-6-7-1-3-8(4-2-7)15(18)19/h1-4,9,12H,5-6H2,(H,13,17)(H,14,16). The second kappa shape index (κ2) is 5.97. The highest BCUT2D eigenvalue weighted by atomic mass is 16.6. The van der Waals surface area contributed by atoms with Crippen molar-refractivity contribution in [3.8, 4) is 0 Å². The summed E-state index contributed by atoms with van der Waals surface area (Å²) in [4.78, 5) is 32.6. The molecule has 1 fully saturated rings. The monoisotopic (exact) mass is 280 g/mol. The van der Waals surface area contributed by atoms with Gasteiger partial charge in [0.1, 0.15) is 12.6 Å². The molecule has 2 amide bonds. The average Bonchev–Trinajstić information content (AvgIpc) is 2.82. The van der Waals surface area contributed by atoms with Crippen LogP contribution in [-0.2, 0) is 16.1 Å². The Morgan fingerprint density at radius 1 is 1.45 bits per heavy atom. The van der Waals surface area contributed by atoms with Crippen LogP contribution in [0.2, 0.25) is 0 Å². The van der Waals surface area contributed by atoms with E-state index in [0.29, 0.717) is 5.56 Å². The zero-order chi connectivity index (χ0) is 14.5. The van der Waals surface area contributed by atoms with Gasteiger partial charge in [-0.25, -0.2) is 10.2 Å². The van der Waals surface area contributed by atoms with Gasteiger partial charge < -0.3 is 10.1 Å². The molecule has 2 rings (SSSR count). The average molecular weight is 280 g/mol. The number of hydrogen-bond acceptors (Lipinski definition) is 6. The molecule has 0 saturated carbocycles. The topological polar surface area (TPSA) is 123 Å². The first-order chi connectivity index (χ1) is 9.56. The van der Waals surface area contributed by atoms with Gasteiger partial charge in [0.05, 0.1) is 4.92 Å². The van der Waals surface area contributed by atoms with Gasteiger partial charge in [-0.1, -0.05) is 0 Å². The van der Waals surface area contributed by atoms with Crippen LogP contribution in [-0.4, -0.2) is 29.5 Å². The Hall–Kier alpha value is -2.68. The predicted molar refractivity (Wildman–Crippen MR) is 66.4 cm³/mol. The Morgan fingerprint density at radius 2 is 2.15 bits per heavy atom. The summed E-state index contributed by atoms with van der Waals surface area (Å²) >= 11 is 0. The highest BCUT2D eigenvalue weighted by molar-refractivity contribution is 5.87. The minimum atomic E-state index is -0.729. The lowest BCUT2D eigenvalue weighted by molar-refractivity contribution is -0.384. The lowest BCUT2D eigenvalue weighted by Crippen LogP contribution is -2.41. The SMILES string of the molecule is O=C(NC1CNNC1=O)OCc1ccc([N+](=O)[O-])cc1. The van der Waals surface area contributed by atoms with Gasteiger partial charge >= 0.3 is 6.09 Å². The first-order valence-electron chi connectivity index (χ1n) is 5.75. The number of nitrogens with one attached hydrogen (secondary N) is 3. The predicted octanol–water partition coefficient (Wildman–Crippen LogP) is -0.176. The minimum absolute atomic E-state index is 0.0353. The van der Waals surface area contributed by atoms with Gasteiger partial charge in [0.15, 0.2) is 0 Å². The van der Waals surface area contributed by atoms with Crippen molar-refractivity contribution in [2.24, 2.45) is 0 Å². The summed E-state index contributed by atoms with van der Waals surface area (Å²) in [6, 6.07) is 4.97. The largest absolute Gasteiger partial charge is 0.445 e. The van der Waals surface area contributed by atoms with Crippen molar-refractivity contribution in [3.05, 3.63) is 39.9 Å². The quantitative estimate of drug-likeness (QED) is 0.519. The number of rotatable bonds is 4. The highest BCUT2D eigenvalue weighted by Gasteiger charge is 2.25. The van der Waals surface area contributed by atoms with Crippen molar-refractivity contribution >= 4 is 17.7 Å². The number of hydrazine groups is 1.